The highest BCUT2D eigenvalue weighted by atomic mass is 19.1. The van der Waals surface area contributed by atoms with E-state index in [0.29, 0.717) is 12.2 Å². The van der Waals surface area contributed by atoms with Gasteiger partial charge in [0.05, 0.1) is 12.5 Å². The fourth-order valence-corrected chi connectivity index (χ4v) is 1.31. The third-order valence-corrected chi connectivity index (χ3v) is 2.08. The lowest BCUT2D eigenvalue weighted by molar-refractivity contribution is -0.144. The minimum absolute atomic E-state index is 0.157. The van der Waals surface area contributed by atoms with Gasteiger partial charge < -0.3 is 10.5 Å². The first kappa shape index (κ1) is 11.7. The number of halogens is 1. The largest absolute Gasteiger partial charge is 0.465 e. The zero-order valence-corrected chi connectivity index (χ0v) is 8.57. The molecule has 0 aliphatic carbocycles. The second-order valence-corrected chi connectivity index (χ2v) is 3.09. The Kier molecular flexibility index (Phi) is 4.24. The third-order valence-electron chi connectivity index (χ3n) is 2.08. The molecule has 0 saturated heterocycles. The van der Waals surface area contributed by atoms with Crippen molar-refractivity contribution in [1.82, 2.24) is 0 Å². The van der Waals surface area contributed by atoms with Gasteiger partial charge in [0.2, 0.25) is 0 Å². The van der Waals surface area contributed by atoms with Crippen LogP contribution in [0, 0.1) is 5.82 Å². The van der Waals surface area contributed by atoms with Crippen LogP contribution < -0.4 is 5.73 Å². The summed E-state index contributed by atoms with van der Waals surface area (Å²) in [4.78, 5) is 11.5. The molecule has 0 bridgehead atoms. The Labute approximate surface area is 88.0 Å². The molecule has 1 rings (SSSR count). The molecule has 82 valence electrons. The van der Waals surface area contributed by atoms with E-state index in [0.717, 1.165) is 0 Å². The van der Waals surface area contributed by atoms with E-state index in [-0.39, 0.29) is 18.3 Å². The van der Waals surface area contributed by atoms with Crippen LogP contribution >= 0.6 is 0 Å². The molecule has 0 saturated carbocycles. The number of hydrogen-bond acceptors (Lipinski definition) is 3. The molecule has 15 heavy (non-hydrogen) atoms. The van der Waals surface area contributed by atoms with Gasteiger partial charge in [-0.05, 0) is 24.6 Å². The van der Waals surface area contributed by atoms with Gasteiger partial charge in [-0.15, -0.1) is 0 Å². The van der Waals surface area contributed by atoms with Crippen molar-refractivity contribution in [2.24, 2.45) is 5.73 Å². The van der Waals surface area contributed by atoms with Gasteiger partial charge in [-0.3, -0.25) is 4.79 Å². The average Bonchev–Trinajstić information content (AvgIpc) is 2.22. The zero-order chi connectivity index (χ0) is 11.3. The van der Waals surface area contributed by atoms with Gasteiger partial charge in [0.25, 0.3) is 0 Å². The molecule has 1 aromatic rings. The van der Waals surface area contributed by atoms with E-state index in [1.54, 1.807) is 19.1 Å². The molecule has 0 amide bonds. The molecule has 0 aromatic heterocycles. The summed E-state index contributed by atoms with van der Waals surface area (Å²) in [7, 11) is 0. The Bertz CT molecular complexity index is 324. The van der Waals surface area contributed by atoms with Gasteiger partial charge >= 0.3 is 5.97 Å². The lowest BCUT2D eigenvalue weighted by Crippen LogP contribution is -2.23. The Morgan fingerprint density at radius 2 is 2.07 bits per heavy atom. The van der Waals surface area contributed by atoms with E-state index >= 15 is 0 Å². The number of esters is 1. The minimum atomic E-state index is -0.509. The Morgan fingerprint density at radius 3 is 2.53 bits per heavy atom. The topological polar surface area (TPSA) is 52.3 Å². The number of hydrogen-bond donors (Lipinski definition) is 1. The molecule has 0 radical (unpaired) electrons. The monoisotopic (exact) mass is 211 g/mol. The minimum Gasteiger partial charge on any atom is -0.465 e. The highest BCUT2D eigenvalue weighted by molar-refractivity contribution is 5.78. The molecular formula is C11H14FNO2. The first-order valence-electron chi connectivity index (χ1n) is 4.81. The highest BCUT2D eigenvalue weighted by Gasteiger charge is 2.19. The fourth-order valence-electron chi connectivity index (χ4n) is 1.31. The van der Waals surface area contributed by atoms with Crippen LogP contribution in [-0.4, -0.2) is 19.1 Å². The third kappa shape index (κ3) is 3.02. The van der Waals surface area contributed by atoms with Crippen molar-refractivity contribution >= 4 is 5.97 Å². The lowest BCUT2D eigenvalue weighted by Gasteiger charge is -2.13. The number of benzene rings is 1. The maximum absolute atomic E-state index is 12.7. The van der Waals surface area contributed by atoms with E-state index in [9.17, 15) is 9.18 Å². The predicted octanol–water partition coefficient (Wildman–Crippen LogP) is 1.43. The molecule has 0 fully saturated rings. The predicted molar refractivity (Wildman–Crippen MR) is 54.8 cm³/mol. The van der Waals surface area contributed by atoms with Gasteiger partial charge in [-0.2, -0.15) is 0 Å². The molecule has 0 unspecified atom stereocenters. The first-order chi connectivity index (χ1) is 7.19. The highest BCUT2D eigenvalue weighted by Crippen LogP contribution is 2.16. The van der Waals surface area contributed by atoms with Crippen molar-refractivity contribution in [3.63, 3.8) is 0 Å². The summed E-state index contributed by atoms with van der Waals surface area (Å²) in [5.41, 5.74) is 6.16. The van der Waals surface area contributed by atoms with Crippen LogP contribution in [0.25, 0.3) is 0 Å². The maximum Gasteiger partial charge on any atom is 0.314 e. The summed E-state index contributed by atoms with van der Waals surface area (Å²) in [6.07, 6.45) is 0. The summed E-state index contributed by atoms with van der Waals surface area (Å²) in [5.74, 6) is -1.21. The second kappa shape index (κ2) is 5.46. The molecule has 2 N–H and O–H groups in total. The smallest absolute Gasteiger partial charge is 0.314 e. The second-order valence-electron chi connectivity index (χ2n) is 3.09. The van der Waals surface area contributed by atoms with Gasteiger partial charge in [0.15, 0.2) is 0 Å². The Morgan fingerprint density at radius 1 is 1.47 bits per heavy atom. The van der Waals surface area contributed by atoms with Crippen molar-refractivity contribution in [3.8, 4) is 0 Å². The summed E-state index contributed by atoms with van der Waals surface area (Å²) in [5, 5.41) is 0. The molecule has 1 atom stereocenters. The average molecular weight is 211 g/mol. The summed E-state index contributed by atoms with van der Waals surface area (Å²) in [6, 6.07) is 5.70. The van der Waals surface area contributed by atoms with E-state index in [1.165, 1.54) is 12.1 Å². The number of rotatable bonds is 4. The van der Waals surface area contributed by atoms with E-state index in [4.69, 9.17) is 10.5 Å². The van der Waals surface area contributed by atoms with Crippen LogP contribution in [0.5, 0.6) is 0 Å². The number of carbonyl (C=O) groups excluding carboxylic acids is 1. The van der Waals surface area contributed by atoms with Crippen LogP contribution in [0.1, 0.15) is 18.4 Å². The molecule has 3 nitrogen and oxygen atoms in total. The quantitative estimate of drug-likeness (QED) is 0.766. The molecular weight excluding hydrogens is 197 g/mol. The van der Waals surface area contributed by atoms with Crippen LogP contribution in [0.3, 0.4) is 0 Å². The molecule has 0 spiro atoms. The van der Waals surface area contributed by atoms with E-state index < -0.39 is 5.92 Å². The zero-order valence-electron chi connectivity index (χ0n) is 8.57. The van der Waals surface area contributed by atoms with Gasteiger partial charge in [0.1, 0.15) is 5.82 Å². The fraction of sp³-hybridized carbons (Fsp3) is 0.364. The van der Waals surface area contributed by atoms with Crippen LogP contribution in [0.4, 0.5) is 4.39 Å². The van der Waals surface area contributed by atoms with Gasteiger partial charge in [-0.25, -0.2) is 4.39 Å². The van der Waals surface area contributed by atoms with Crippen LogP contribution in [0.2, 0.25) is 0 Å². The summed E-state index contributed by atoms with van der Waals surface area (Å²) >= 11 is 0. The summed E-state index contributed by atoms with van der Waals surface area (Å²) < 4.78 is 17.5. The Hall–Kier alpha value is -1.42. The number of ether oxygens (including phenoxy) is 1. The SMILES string of the molecule is CCOC(=O)[C@@H](CN)c1ccc(F)cc1. The summed E-state index contributed by atoms with van der Waals surface area (Å²) in [6.45, 7) is 2.21. The van der Waals surface area contributed by atoms with Crippen LogP contribution in [0.15, 0.2) is 24.3 Å². The number of carbonyl (C=O) groups is 1. The number of nitrogens with two attached hydrogens (primary N) is 1. The van der Waals surface area contributed by atoms with E-state index in [2.05, 4.69) is 0 Å². The van der Waals surface area contributed by atoms with Crippen molar-refractivity contribution in [2.75, 3.05) is 13.2 Å². The maximum atomic E-state index is 12.7. The molecule has 4 heteroatoms. The van der Waals surface area contributed by atoms with E-state index in [1.807, 2.05) is 0 Å². The molecule has 0 aliphatic heterocycles. The lowest BCUT2D eigenvalue weighted by atomic mass is 9.99. The molecule has 1 aromatic carbocycles. The van der Waals surface area contributed by atoms with Crippen molar-refractivity contribution < 1.29 is 13.9 Å². The van der Waals surface area contributed by atoms with Crippen molar-refractivity contribution in [1.29, 1.82) is 0 Å². The normalized spacial score (nSPS) is 12.2. The first-order valence-corrected chi connectivity index (χ1v) is 4.81. The van der Waals surface area contributed by atoms with Crippen molar-refractivity contribution in [3.05, 3.63) is 35.6 Å². The van der Waals surface area contributed by atoms with Crippen LogP contribution in [-0.2, 0) is 9.53 Å². The van der Waals surface area contributed by atoms with Gasteiger partial charge in [0, 0.05) is 6.54 Å². The standard InChI is InChI=1S/C11H14FNO2/c1-2-15-11(14)10(7-13)8-3-5-9(12)6-4-8/h3-6,10H,2,7,13H2,1H3/t10-/m0/s1. The Balaban J connectivity index is 2.82. The van der Waals surface area contributed by atoms with Gasteiger partial charge in [-0.1, -0.05) is 12.1 Å². The van der Waals surface area contributed by atoms with Crippen molar-refractivity contribution in [2.45, 2.75) is 12.8 Å². The molecule has 0 heterocycles. The molecule has 0 aliphatic rings.